The normalized spacial score (nSPS) is 10.4. The first-order valence-corrected chi connectivity index (χ1v) is 8.22. The van der Waals surface area contributed by atoms with Crippen LogP contribution in [0.2, 0.25) is 0 Å². The van der Waals surface area contributed by atoms with Gasteiger partial charge in [-0.3, -0.25) is 4.98 Å². The monoisotopic (exact) mass is 335 g/mol. The van der Waals surface area contributed by atoms with Gasteiger partial charge in [0.25, 0.3) is 0 Å². The van der Waals surface area contributed by atoms with Crippen molar-refractivity contribution < 1.29 is 4.79 Å². The summed E-state index contributed by atoms with van der Waals surface area (Å²) in [6, 6.07) is 13.5. The number of nitrogens with one attached hydrogen (secondary N) is 2. The number of benzene rings is 1. The minimum atomic E-state index is -0.174. The number of hydrogen-bond donors (Lipinski definition) is 2. The van der Waals surface area contributed by atoms with Crippen LogP contribution in [-0.4, -0.2) is 27.1 Å². The summed E-state index contributed by atoms with van der Waals surface area (Å²) in [5.74, 6) is 0.881. The number of imidazole rings is 1. The summed E-state index contributed by atoms with van der Waals surface area (Å²) in [5, 5.41) is 5.74. The van der Waals surface area contributed by atoms with Crippen molar-refractivity contribution in [3.63, 3.8) is 0 Å². The largest absolute Gasteiger partial charge is 0.336 e. The molecule has 2 aromatic heterocycles. The Morgan fingerprint density at radius 3 is 2.60 bits per heavy atom. The van der Waals surface area contributed by atoms with Crippen LogP contribution in [0.3, 0.4) is 0 Å². The first-order chi connectivity index (χ1) is 12.2. The predicted molar refractivity (Wildman–Crippen MR) is 96.9 cm³/mol. The number of nitrogens with zero attached hydrogens (tertiary/aromatic N) is 3. The third kappa shape index (κ3) is 4.44. The zero-order valence-electron chi connectivity index (χ0n) is 14.1. The fourth-order valence-corrected chi connectivity index (χ4v) is 2.60. The highest BCUT2D eigenvalue weighted by Gasteiger charge is 2.09. The zero-order chi connectivity index (χ0) is 17.5. The van der Waals surface area contributed by atoms with Crippen molar-refractivity contribution >= 4 is 6.03 Å². The van der Waals surface area contributed by atoms with E-state index in [1.165, 1.54) is 0 Å². The third-order valence-corrected chi connectivity index (χ3v) is 3.91. The van der Waals surface area contributed by atoms with Gasteiger partial charge in [-0.2, -0.15) is 0 Å². The molecule has 6 heteroatoms. The highest BCUT2D eigenvalue weighted by Crippen LogP contribution is 2.18. The lowest BCUT2D eigenvalue weighted by Crippen LogP contribution is -2.36. The number of carbonyl (C=O) groups excluding carboxylic acids is 1. The summed E-state index contributed by atoms with van der Waals surface area (Å²) in [5.41, 5.74) is 3.14. The van der Waals surface area contributed by atoms with E-state index < -0.39 is 0 Å². The molecule has 1 aromatic carbocycles. The Labute approximate surface area is 146 Å². The number of carbonyl (C=O) groups is 1. The van der Waals surface area contributed by atoms with E-state index in [9.17, 15) is 4.79 Å². The molecule has 0 spiro atoms. The second kappa shape index (κ2) is 8.10. The van der Waals surface area contributed by atoms with Crippen molar-refractivity contribution in [3.8, 4) is 11.4 Å². The maximum atomic E-state index is 11.9. The Hall–Kier alpha value is -3.15. The third-order valence-electron chi connectivity index (χ3n) is 3.91. The molecule has 0 fully saturated rings. The first kappa shape index (κ1) is 16.7. The molecule has 0 aliphatic rings. The molecule has 0 saturated heterocycles. The molecule has 3 rings (SSSR count). The highest BCUT2D eigenvalue weighted by atomic mass is 16.2. The Kier molecular flexibility index (Phi) is 5.41. The maximum Gasteiger partial charge on any atom is 0.315 e. The van der Waals surface area contributed by atoms with Crippen molar-refractivity contribution in [3.05, 3.63) is 72.3 Å². The van der Waals surface area contributed by atoms with E-state index in [0.29, 0.717) is 19.6 Å². The van der Waals surface area contributed by atoms with Crippen molar-refractivity contribution in [1.82, 2.24) is 25.2 Å². The van der Waals surface area contributed by atoms with Crippen LogP contribution in [0.1, 0.15) is 11.3 Å². The predicted octanol–water partition coefficient (Wildman–Crippen LogP) is 2.75. The first-order valence-electron chi connectivity index (χ1n) is 8.22. The van der Waals surface area contributed by atoms with Gasteiger partial charge in [-0.1, -0.05) is 30.3 Å². The van der Waals surface area contributed by atoms with Crippen molar-refractivity contribution in [2.24, 2.45) is 0 Å². The molecule has 0 aliphatic heterocycles. The molecule has 0 bridgehead atoms. The average Bonchev–Trinajstić information content (AvgIpc) is 3.02. The number of urea groups is 1. The molecule has 2 heterocycles. The minimum absolute atomic E-state index is 0.174. The molecular formula is C19H21N5O. The number of aromatic nitrogens is 3. The van der Waals surface area contributed by atoms with E-state index in [2.05, 4.69) is 25.2 Å². The smallest absolute Gasteiger partial charge is 0.315 e. The van der Waals surface area contributed by atoms with E-state index >= 15 is 0 Å². The zero-order valence-corrected chi connectivity index (χ0v) is 14.1. The summed E-state index contributed by atoms with van der Waals surface area (Å²) >= 11 is 0. The van der Waals surface area contributed by atoms with Crippen LogP contribution < -0.4 is 10.6 Å². The van der Waals surface area contributed by atoms with Gasteiger partial charge in [0.2, 0.25) is 0 Å². The molecule has 0 saturated carbocycles. The Morgan fingerprint density at radius 1 is 1.08 bits per heavy atom. The van der Waals surface area contributed by atoms with Gasteiger partial charge >= 0.3 is 6.03 Å². The number of hydrogen-bond acceptors (Lipinski definition) is 3. The van der Waals surface area contributed by atoms with E-state index in [1.807, 2.05) is 55.6 Å². The van der Waals surface area contributed by atoms with Crippen LogP contribution >= 0.6 is 0 Å². The molecule has 0 atom stereocenters. The summed E-state index contributed by atoms with van der Waals surface area (Å²) in [6.45, 7) is 3.70. The van der Waals surface area contributed by atoms with Gasteiger partial charge in [0, 0.05) is 49.5 Å². The van der Waals surface area contributed by atoms with Crippen LogP contribution in [0.25, 0.3) is 11.4 Å². The van der Waals surface area contributed by atoms with Crippen LogP contribution in [-0.2, 0) is 13.1 Å². The molecule has 25 heavy (non-hydrogen) atoms. The van der Waals surface area contributed by atoms with Crippen LogP contribution in [0, 0.1) is 6.92 Å². The van der Waals surface area contributed by atoms with E-state index in [0.717, 1.165) is 22.6 Å². The molecular weight excluding hydrogens is 314 g/mol. The van der Waals surface area contributed by atoms with E-state index in [-0.39, 0.29) is 6.03 Å². The Bertz CT molecular complexity index is 814. The molecule has 2 N–H and O–H groups in total. The van der Waals surface area contributed by atoms with E-state index in [1.54, 1.807) is 12.4 Å². The van der Waals surface area contributed by atoms with Crippen LogP contribution in [0.5, 0.6) is 0 Å². The SMILES string of the molecule is Cc1cnc(-c2ccncc2)n1CCNC(=O)NCc1ccccc1. The summed E-state index contributed by atoms with van der Waals surface area (Å²) in [4.78, 5) is 20.4. The van der Waals surface area contributed by atoms with Gasteiger partial charge in [-0.15, -0.1) is 0 Å². The highest BCUT2D eigenvalue weighted by molar-refractivity contribution is 5.73. The van der Waals surface area contributed by atoms with Gasteiger partial charge < -0.3 is 15.2 Å². The minimum Gasteiger partial charge on any atom is -0.336 e. The molecule has 128 valence electrons. The second-order valence-electron chi connectivity index (χ2n) is 5.71. The Morgan fingerprint density at radius 2 is 1.84 bits per heavy atom. The number of pyridine rings is 1. The lowest BCUT2D eigenvalue weighted by Gasteiger charge is -2.12. The maximum absolute atomic E-state index is 11.9. The molecule has 0 unspecified atom stereocenters. The van der Waals surface area contributed by atoms with Gasteiger partial charge in [0.15, 0.2) is 0 Å². The van der Waals surface area contributed by atoms with Crippen molar-refractivity contribution in [2.45, 2.75) is 20.0 Å². The number of aryl methyl sites for hydroxylation is 1. The lowest BCUT2D eigenvalue weighted by atomic mass is 10.2. The van der Waals surface area contributed by atoms with E-state index in [4.69, 9.17) is 0 Å². The summed E-state index contributed by atoms with van der Waals surface area (Å²) in [6.07, 6.45) is 5.34. The Balaban J connectivity index is 1.52. The summed E-state index contributed by atoms with van der Waals surface area (Å²) < 4.78 is 2.09. The molecule has 0 aliphatic carbocycles. The number of amides is 2. The number of rotatable bonds is 6. The molecule has 0 radical (unpaired) electrons. The fourth-order valence-electron chi connectivity index (χ4n) is 2.60. The topological polar surface area (TPSA) is 71.8 Å². The van der Waals surface area contributed by atoms with Crippen LogP contribution in [0.15, 0.2) is 61.1 Å². The standard InChI is InChI=1S/C19H21N5O/c1-15-13-22-18(17-7-9-20-10-8-17)24(15)12-11-21-19(25)23-14-16-5-3-2-4-6-16/h2-10,13H,11-12,14H2,1H3,(H2,21,23,25). The molecule has 3 aromatic rings. The van der Waals surface area contributed by atoms with Crippen molar-refractivity contribution in [1.29, 1.82) is 0 Å². The van der Waals surface area contributed by atoms with Gasteiger partial charge in [-0.05, 0) is 24.6 Å². The van der Waals surface area contributed by atoms with Crippen LogP contribution in [0.4, 0.5) is 4.79 Å². The molecule has 6 nitrogen and oxygen atoms in total. The average molecular weight is 335 g/mol. The van der Waals surface area contributed by atoms with Crippen molar-refractivity contribution in [2.75, 3.05) is 6.54 Å². The fraction of sp³-hybridized carbons (Fsp3) is 0.211. The second-order valence-corrected chi connectivity index (χ2v) is 5.71. The quantitative estimate of drug-likeness (QED) is 0.727. The van der Waals surface area contributed by atoms with Gasteiger partial charge in [0.05, 0.1) is 0 Å². The lowest BCUT2D eigenvalue weighted by molar-refractivity contribution is 0.240. The summed E-state index contributed by atoms with van der Waals surface area (Å²) in [7, 11) is 0. The van der Waals surface area contributed by atoms with Gasteiger partial charge in [-0.25, -0.2) is 9.78 Å². The molecule has 2 amide bonds. The van der Waals surface area contributed by atoms with Gasteiger partial charge in [0.1, 0.15) is 5.82 Å².